The number of rotatable bonds is 9. The Kier molecular flexibility index (Phi) is 9.07. The summed E-state index contributed by atoms with van der Waals surface area (Å²) in [7, 11) is 1.82. The van der Waals surface area contributed by atoms with Crippen LogP contribution in [0.1, 0.15) is 25.1 Å². The van der Waals surface area contributed by atoms with E-state index < -0.39 is 0 Å². The molecule has 1 aromatic heterocycles. The number of hydrogen-bond donors (Lipinski definition) is 2. The van der Waals surface area contributed by atoms with Gasteiger partial charge in [0, 0.05) is 25.0 Å². The highest BCUT2D eigenvalue weighted by molar-refractivity contribution is 7.09. The van der Waals surface area contributed by atoms with Gasteiger partial charge in [-0.15, -0.1) is 11.3 Å². The molecule has 1 aromatic rings. The lowest BCUT2D eigenvalue weighted by molar-refractivity contribution is 0.300. The zero-order valence-electron chi connectivity index (χ0n) is 13.0. The lowest BCUT2D eigenvalue weighted by atomic mass is 10.3. The van der Waals surface area contributed by atoms with Crippen molar-refractivity contribution < 1.29 is 0 Å². The SMILES string of the molecule is CCN(CC)CCCNC(=NC)NCCc1cccs1. The summed E-state index contributed by atoms with van der Waals surface area (Å²) < 4.78 is 0. The van der Waals surface area contributed by atoms with Crippen molar-refractivity contribution in [3.8, 4) is 0 Å². The summed E-state index contributed by atoms with van der Waals surface area (Å²) in [6.45, 7) is 9.72. The van der Waals surface area contributed by atoms with Gasteiger partial charge in [-0.05, 0) is 43.9 Å². The fourth-order valence-corrected chi connectivity index (χ4v) is 2.74. The molecule has 0 bridgehead atoms. The second-order valence-electron chi connectivity index (χ2n) is 4.64. The fourth-order valence-electron chi connectivity index (χ4n) is 2.03. The molecule has 0 fully saturated rings. The lowest BCUT2D eigenvalue weighted by Gasteiger charge is -2.18. The standard InChI is InChI=1S/C15H28N4S/c1-4-19(5-2)12-7-10-17-15(16-3)18-11-9-14-8-6-13-20-14/h6,8,13H,4-5,7,9-12H2,1-3H3,(H2,16,17,18). The van der Waals surface area contributed by atoms with Crippen LogP contribution in [0.4, 0.5) is 0 Å². The molecular weight excluding hydrogens is 268 g/mol. The molecule has 5 heteroatoms. The first-order valence-corrected chi connectivity index (χ1v) is 8.37. The largest absolute Gasteiger partial charge is 0.356 e. The van der Waals surface area contributed by atoms with E-state index in [-0.39, 0.29) is 0 Å². The average Bonchev–Trinajstić information content (AvgIpc) is 2.98. The molecule has 0 amide bonds. The van der Waals surface area contributed by atoms with Crippen molar-refractivity contribution in [3.63, 3.8) is 0 Å². The predicted octanol–water partition coefficient (Wildman–Crippen LogP) is 2.19. The molecule has 0 aliphatic rings. The minimum absolute atomic E-state index is 0.904. The van der Waals surface area contributed by atoms with Gasteiger partial charge in [0.15, 0.2) is 5.96 Å². The molecule has 0 aliphatic heterocycles. The van der Waals surface area contributed by atoms with Crippen LogP contribution in [0.15, 0.2) is 22.5 Å². The van der Waals surface area contributed by atoms with E-state index in [4.69, 9.17) is 0 Å². The maximum atomic E-state index is 4.25. The van der Waals surface area contributed by atoms with Gasteiger partial charge in [0.05, 0.1) is 0 Å². The van der Waals surface area contributed by atoms with Crippen LogP contribution in [0.25, 0.3) is 0 Å². The molecule has 20 heavy (non-hydrogen) atoms. The Morgan fingerprint density at radius 3 is 2.60 bits per heavy atom. The third-order valence-electron chi connectivity index (χ3n) is 3.31. The van der Waals surface area contributed by atoms with E-state index in [1.165, 1.54) is 4.88 Å². The van der Waals surface area contributed by atoms with Gasteiger partial charge in [-0.25, -0.2) is 0 Å². The van der Waals surface area contributed by atoms with Crippen LogP contribution in [0.2, 0.25) is 0 Å². The van der Waals surface area contributed by atoms with Gasteiger partial charge in [0.2, 0.25) is 0 Å². The summed E-state index contributed by atoms with van der Waals surface area (Å²) in [6, 6.07) is 4.27. The molecule has 2 N–H and O–H groups in total. The molecule has 0 saturated carbocycles. The van der Waals surface area contributed by atoms with Crippen LogP contribution in [-0.4, -0.2) is 50.6 Å². The summed E-state index contributed by atoms with van der Waals surface area (Å²) in [5, 5.41) is 8.85. The molecule has 0 aliphatic carbocycles. The molecule has 1 rings (SSSR count). The molecule has 4 nitrogen and oxygen atoms in total. The van der Waals surface area contributed by atoms with Crippen LogP contribution in [0.5, 0.6) is 0 Å². The molecule has 1 heterocycles. The van der Waals surface area contributed by atoms with Gasteiger partial charge in [-0.1, -0.05) is 19.9 Å². The van der Waals surface area contributed by atoms with Gasteiger partial charge in [0.1, 0.15) is 0 Å². The highest BCUT2D eigenvalue weighted by Crippen LogP contribution is 2.07. The summed E-state index contributed by atoms with van der Waals surface area (Å²) in [4.78, 5) is 8.10. The molecular formula is C15H28N4S. The number of nitrogens with one attached hydrogen (secondary N) is 2. The van der Waals surface area contributed by atoms with E-state index in [0.29, 0.717) is 0 Å². The topological polar surface area (TPSA) is 39.7 Å². The first-order chi connectivity index (χ1) is 9.80. The predicted molar refractivity (Wildman–Crippen MR) is 89.8 cm³/mol. The number of nitrogens with zero attached hydrogens (tertiary/aromatic N) is 2. The molecule has 0 spiro atoms. The maximum Gasteiger partial charge on any atom is 0.190 e. The van der Waals surface area contributed by atoms with Crippen LogP contribution in [0, 0.1) is 0 Å². The van der Waals surface area contributed by atoms with Gasteiger partial charge in [0.25, 0.3) is 0 Å². The van der Waals surface area contributed by atoms with Crippen molar-refractivity contribution in [1.29, 1.82) is 0 Å². The van der Waals surface area contributed by atoms with Crippen molar-refractivity contribution in [2.75, 3.05) is 39.8 Å². The van der Waals surface area contributed by atoms with Crippen molar-refractivity contribution in [3.05, 3.63) is 22.4 Å². The smallest absolute Gasteiger partial charge is 0.190 e. The number of guanidine groups is 1. The van der Waals surface area contributed by atoms with E-state index in [9.17, 15) is 0 Å². The molecule has 0 unspecified atom stereocenters. The minimum atomic E-state index is 0.904. The van der Waals surface area contributed by atoms with Gasteiger partial charge >= 0.3 is 0 Å². The van der Waals surface area contributed by atoms with E-state index in [1.807, 2.05) is 7.05 Å². The van der Waals surface area contributed by atoms with Crippen molar-refractivity contribution in [2.24, 2.45) is 4.99 Å². The summed E-state index contributed by atoms with van der Waals surface area (Å²) in [5.41, 5.74) is 0. The van der Waals surface area contributed by atoms with E-state index >= 15 is 0 Å². The van der Waals surface area contributed by atoms with Crippen molar-refractivity contribution in [1.82, 2.24) is 15.5 Å². The van der Waals surface area contributed by atoms with Crippen LogP contribution in [0.3, 0.4) is 0 Å². The second kappa shape index (κ2) is 10.7. The monoisotopic (exact) mass is 296 g/mol. The van der Waals surface area contributed by atoms with E-state index in [0.717, 1.165) is 51.5 Å². The number of hydrogen-bond acceptors (Lipinski definition) is 3. The molecule has 0 aromatic carbocycles. The Morgan fingerprint density at radius 1 is 1.25 bits per heavy atom. The first-order valence-electron chi connectivity index (χ1n) is 7.49. The Bertz CT molecular complexity index is 358. The van der Waals surface area contributed by atoms with Crippen LogP contribution in [-0.2, 0) is 6.42 Å². The molecule has 0 atom stereocenters. The van der Waals surface area contributed by atoms with Gasteiger partial charge < -0.3 is 15.5 Å². The summed E-state index contributed by atoms with van der Waals surface area (Å²) >= 11 is 1.81. The van der Waals surface area contributed by atoms with E-state index in [2.05, 4.69) is 51.9 Å². The Balaban J connectivity index is 2.10. The average molecular weight is 296 g/mol. The lowest BCUT2D eigenvalue weighted by Crippen LogP contribution is -2.39. The number of aliphatic imine (C=N–C) groups is 1. The van der Waals surface area contributed by atoms with E-state index in [1.54, 1.807) is 11.3 Å². The van der Waals surface area contributed by atoms with Crippen LogP contribution >= 0.6 is 11.3 Å². The van der Waals surface area contributed by atoms with Gasteiger partial charge in [-0.2, -0.15) is 0 Å². The highest BCUT2D eigenvalue weighted by Gasteiger charge is 2.00. The fraction of sp³-hybridized carbons (Fsp3) is 0.667. The summed E-state index contributed by atoms with van der Waals surface area (Å²) in [6.07, 6.45) is 2.20. The Hall–Kier alpha value is -1.07. The Labute approximate surface area is 127 Å². The maximum absolute atomic E-state index is 4.25. The second-order valence-corrected chi connectivity index (χ2v) is 5.67. The van der Waals surface area contributed by atoms with Gasteiger partial charge in [-0.3, -0.25) is 4.99 Å². The zero-order chi connectivity index (χ0) is 14.6. The Morgan fingerprint density at radius 2 is 2.00 bits per heavy atom. The third kappa shape index (κ3) is 6.91. The van der Waals surface area contributed by atoms with Crippen molar-refractivity contribution in [2.45, 2.75) is 26.7 Å². The highest BCUT2D eigenvalue weighted by atomic mass is 32.1. The third-order valence-corrected chi connectivity index (χ3v) is 4.24. The summed E-state index contributed by atoms with van der Waals surface area (Å²) in [5.74, 6) is 0.904. The first kappa shape index (κ1) is 17.0. The van der Waals surface area contributed by atoms with Crippen LogP contribution < -0.4 is 10.6 Å². The number of thiophene rings is 1. The molecule has 114 valence electrons. The minimum Gasteiger partial charge on any atom is -0.356 e. The quantitative estimate of drug-likeness (QED) is 0.417. The normalized spacial score (nSPS) is 11.9. The molecule has 0 radical (unpaired) electrons. The molecule has 0 saturated heterocycles. The zero-order valence-corrected chi connectivity index (χ0v) is 13.8. The van der Waals surface area contributed by atoms with Crippen molar-refractivity contribution >= 4 is 17.3 Å².